The number of hydrogen-bond acceptors (Lipinski definition) is 5. The molecule has 2 aromatic carbocycles. The first-order chi connectivity index (χ1) is 19.1. The third kappa shape index (κ3) is 4.95. The van der Waals surface area contributed by atoms with Crippen molar-refractivity contribution in [2.75, 3.05) is 31.2 Å². The molecule has 1 saturated heterocycles. The first-order valence-corrected chi connectivity index (χ1v) is 13.8. The first-order valence-electron chi connectivity index (χ1n) is 13.8. The number of nitrogens with one attached hydrogen (secondary N) is 1. The van der Waals surface area contributed by atoms with Gasteiger partial charge in [-0.2, -0.15) is 13.2 Å². The lowest BCUT2D eigenvalue weighted by molar-refractivity contribution is -0.0887. The van der Waals surface area contributed by atoms with Crippen molar-refractivity contribution < 1.29 is 32.9 Å². The van der Waals surface area contributed by atoms with Crippen molar-refractivity contribution in [3.8, 4) is 0 Å². The number of ether oxygens (including phenoxy) is 1. The molecule has 2 aromatic rings. The summed E-state index contributed by atoms with van der Waals surface area (Å²) in [6, 6.07) is 12.8. The van der Waals surface area contributed by atoms with Crippen molar-refractivity contribution in [3.63, 3.8) is 0 Å². The van der Waals surface area contributed by atoms with Crippen LogP contribution < -0.4 is 10.2 Å². The van der Waals surface area contributed by atoms with Gasteiger partial charge >= 0.3 is 12.1 Å². The molecule has 212 valence electrons. The maximum absolute atomic E-state index is 13.2. The number of halogens is 3. The van der Waals surface area contributed by atoms with Crippen molar-refractivity contribution in [2.45, 2.75) is 55.5 Å². The lowest BCUT2D eigenvalue weighted by atomic mass is 9.75. The van der Waals surface area contributed by atoms with Crippen molar-refractivity contribution >= 4 is 11.7 Å². The number of anilines is 1. The standard InChI is InChI=1S/C31H33F3N2O4/c32-31(33,34)23-8-4-20(5-9-23)18-36-19-29(14-16-40-17-15-29)25-3-1-2-24(26(25)36)27(37)35-30(12-13-30)22-10-6-21(7-11-22)28(38)39/h1-4,6-11,20,27,35,37H,5,12-19H2,(H,38,39). The van der Waals surface area contributed by atoms with Crippen LogP contribution >= 0.6 is 0 Å². The van der Waals surface area contributed by atoms with Crippen molar-refractivity contribution in [1.29, 1.82) is 0 Å². The van der Waals surface area contributed by atoms with Gasteiger partial charge < -0.3 is 19.8 Å². The van der Waals surface area contributed by atoms with Gasteiger partial charge in [-0.1, -0.05) is 48.6 Å². The van der Waals surface area contributed by atoms with Crippen LogP contribution in [0.4, 0.5) is 18.9 Å². The van der Waals surface area contributed by atoms with E-state index in [-0.39, 0.29) is 16.9 Å². The van der Waals surface area contributed by atoms with Crippen LogP contribution in [0.1, 0.15) is 65.4 Å². The molecule has 0 aromatic heterocycles. The third-order valence-electron chi connectivity index (χ3n) is 9.01. The Labute approximate surface area is 231 Å². The highest BCUT2D eigenvalue weighted by Gasteiger charge is 2.48. The zero-order chi connectivity index (χ0) is 28.1. The molecule has 2 aliphatic heterocycles. The average molecular weight is 555 g/mol. The summed E-state index contributed by atoms with van der Waals surface area (Å²) in [7, 11) is 0. The number of benzene rings is 2. The number of para-hydroxylation sites is 1. The molecule has 4 aliphatic rings. The predicted octanol–water partition coefficient (Wildman–Crippen LogP) is 5.59. The van der Waals surface area contributed by atoms with E-state index in [0.29, 0.717) is 26.2 Å². The van der Waals surface area contributed by atoms with Gasteiger partial charge in [-0.25, -0.2) is 4.79 Å². The number of carboxylic acid groups (broad SMARTS) is 1. The highest BCUT2D eigenvalue weighted by molar-refractivity contribution is 5.87. The van der Waals surface area contributed by atoms with Crippen LogP contribution in [0, 0.1) is 5.92 Å². The summed E-state index contributed by atoms with van der Waals surface area (Å²) in [6.07, 6.45) is 2.44. The quantitative estimate of drug-likeness (QED) is 0.388. The van der Waals surface area contributed by atoms with Crippen LogP contribution in [-0.4, -0.2) is 48.7 Å². The summed E-state index contributed by atoms with van der Waals surface area (Å²) >= 11 is 0. The fourth-order valence-corrected chi connectivity index (χ4v) is 6.64. The van der Waals surface area contributed by atoms with Gasteiger partial charge in [0.25, 0.3) is 0 Å². The molecule has 9 heteroatoms. The van der Waals surface area contributed by atoms with E-state index in [1.165, 1.54) is 12.2 Å². The number of hydrogen-bond donors (Lipinski definition) is 3. The van der Waals surface area contributed by atoms with Gasteiger partial charge in [0.1, 0.15) is 6.23 Å². The highest BCUT2D eigenvalue weighted by atomic mass is 19.4. The second-order valence-corrected chi connectivity index (χ2v) is 11.5. The Hall–Kier alpha value is -3.14. The number of aliphatic hydroxyl groups is 1. The SMILES string of the molecule is O=C(O)c1ccc(C2(NC(O)c3cccc4c3N(CC3C=CC(C(F)(F)F)=CC3)CC43CCOCC3)CC2)cc1. The van der Waals surface area contributed by atoms with E-state index in [9.17, 15) is 28.2 Å². The topological polar surface area (TPSA) is 82.0 Å². The number of nitrogens with zero attached hydrogens (tertiary/aromatic N) is 1. The predicted molar refractivity (Wildman–Crippen MR) is 144 cm³/mol. The molecule has 2 fully saturated rings. The summed E-state index contributed by atoms with van der Waals surface area (Å²) in [5, 5.41) is 24.3. The second-order valence-electron chi connectivity index (χ2n) is 11.5. The first kappa shape index (κ1) is 27.1. The maximum Gasteiger partial charge on any atom is 0.416 e. The van der Waals surface area contributed by atoms with E-state index >= 15 is 0 Å². The van der Waals surface area contributed by atoms with Crippen LogP contribution in [0.2, 0.25) is 0 Å². The molecule has 6 rings (SSSR count). The largest absolute Gasteiger partial charge is 0.478 e. The maximum atomic E-state index is 13.2. The molecular weight excluding hydrogens is 521 g/mol. The van der Waals surface area contributed by atoms with Gasteiger partial charge in [-0.15, -0.1) is 0 Å². The minimum absolute atomic E-state index is 0.0744. The number of fused-ring (bicyclic) bond motifs is 2. The smallest absolute Gasteiger partial charge is 0.416 e. The Morgan fingerprint density at radius 3 is 2.42 bits per heavy atom. The fraction of sp³-hybridized carbons (Fsp3) is 0.452. The summed E-state index contributed by atoms with van der Waals surface area (Å²) < 4.78 is 45.2. The Balaban J connectivity index is 1.28. The Bertz CT molecular complexity index is 1340. The van der Waals surface area contributed by atoms with Crippen molar-refractivity contribution in [2.24, 2.45) is 5.92 Å². The number of carbonyl (C=O) groups is 1. The number of alkyl halides is 3. The van der Waals surface area contributed by atoms with E-state index in [4.69, 9.17) is 4.74 Å². The molecule has 2 atom stereocenters. The monoisotopic (exact) mass is 554 g/mol. The second kappa shape index (κ2) is 10.0. The molecular formula is C31H33F3N2O4. The highest BCUT2D eigenvalue weighted by Crippen LogP contribution is 2.51. The van der Waals surface area contributed by atoms with Crippen LogP contribution in [-0.2, 0) is 15.7 Å². The van der Waals surface area contributed by atoms with Crippen LogP contribution in [0.5, 0.6) is 0 Å². The molecule has 0 radical (unpaired) electrons. The zero-order valence-electron chi connectivity index (χ0n) is 22.1. The molecule has 2 unspecified atom stereocenters. The zero-order valence-corrected chi connectivity index (χ0v) is 22.1. The van der Waals surface area contributed by atoms with E-state index in [2.05, 4.69) is 16.3 Å². The fourth-order valence-electron chi connectivity index (χ4n) is 6.64. The molecule has 40 heavy (non-hydrogen) atoms. The average Bonchev–Trinajstić information content (AvgIpc) is 3.67. The number of rotatable bonds is 7. The van der Waals surface area contributed by atoms with Crippen molar-refractivity contribution in [1.82, 2.24) is 5.32 Å². The third-order valence-corrected chi connectivity index (χ3v) is 9.01. The van der Waals surface area contributed by atoms with Gasteiger partial charge in [0.2, 0.25) is 0 Å². The minimum Gasteiger partial charge on any atom is -0.478 e. The number of allylic oxidation sites excluding steroid dienone is 3. The Kier molecular flexibility index (Phi) is 6.79. The summed E-state index contributed by atoms with van der Waals surface area (Å²) in [6.45, 7) is 2.58. The summed E-state index contributed by atoms with van der Waals surface area (Å²) in [5.41, 5.74) is 2.85. The Morgan fingerprint density at radius 2 is 1.82 bits per heavy atom. The molecule has 6 nitrogen and oxygen atoms in total. The van der Waals surface area contributed by atoms with E-state index in [0.717, 1.165) is 54.6 Å². The Morgan fingerprint density at radius 1 is 1.10 bits per heavy atom. The summed E-state index contributed by atoms with van der Waals surface area (Å²) in [5.74, 6) is -1.06. The van der Waals surface area contributed by atoms with E-state index < -0.39 is 29.5 Å². The van der Waals surface area contributed by atoms with Crippen molar-refractivity contribution in [3.05, 3.63) is 88.5 Å². The van der Waals surface area contributed by atoms with Crippen LogP contribution in [0.3, 0.4) is 0 Å². The lowest BCUT2D eigenvalue weighted by Crippen LogP contribution is -2.40. The van der Waals surface area contributed by atoms with Gasteiger partial charge in [-0.3, -0.25) is 5.32 Å². The number of carboxylic acids is 1. The summed E-state index contributed by atoms with van der Waals surface area (Å²) in [4.78, 5) is 13.5. The molecule has 2 heterocycles. The van der Waals surface area contributed by atoms with Crippen LogP contribution in [0.15, 0.2) is 66.3 Å². The minimum atomic E-state index is -4.34. The molecule has 3 N–H and O–H groups in total. The van der Waals surface area contributed by atoms with E-state index in [1.54, 1.807) is 30.3 Å². The molecule has 0 amide bonds. The molecule has 2 aliphatic carbocycles. The van der Waals surface area contributed by atoms with E-state index in [1.807, 2.05) is 12.1 Å². The number of aromatic carboxylic acids is 1. The normalized spacial score (nSPS) is 23.6. The van der Waals surface area contributed by atoms with Gasteiger partial charge in [-0.05, 0) is 61.3 Å². The van der Waals surface area contributed by atoms with Gasteiger partial charge in [0.05, 0.1) is 11.1 Å². The lowest BCUT2D eigenvalue weighted by Gasteiger charge is -2.35. The molecule has 1 spiro atoms. The number of aliphatic hydroxyl groups excluding tert-OH is 1. The van der Waals surface area contributed by atoms with Crippen LogP contribution in [0.25, 0.3) is 0 Å². The van der Waals surface area contributed by atoms with Gasteiger partial charge in [0, 0.05) is 48.5 Å². The molecule has 0 bridgehead atoms. The molecule has 1 saturated carbocycles. The van der Waals surface area contributed by atoms with Gasteiger partial charge in [0.15, 0.2) is 0 Å².